The number of nitriles is 1. The molecule has 0 aromatic carbocycles. The Balaban J connectivity index is 2.62. The first-order valence-electron chi connectivity index (χ1n) is 4.29. The minimum Gasteiger partial charge on any atom is -0.198 e. The van der Waals surface area contributed by atoms with Gasteiger partial charge in [0.15, 0.2) is 0 Å². The molecular formula is C10H15N. The van der Waals surface area contributed by atoms with Gasteiger partial charge in [0, 0.05) is 0 Å². The Bertz CT molecular complexity index is 209. The predicted octanol–water partition coefficient (Wildman–Crippen LogP) is 3.04. The van der Waals surface area contributed by atoms with Gasteiger partial charge in [-0.05, 0) is 32.6 Å². The Kier molecular flexibility index (Phi) is 2.34. The first-order valence-corrected chi connectivity index (χ1v) is 4.29. The SMILES string of the molecule is CCC1=CCC(C)(C#N)CC1. The van der Waals surface area contributed by atoms with E-state index >= 15 is 0 Å². The fourth-order valence-electron chi connectivity index (χ4n) is 1.43. The second-order valence-corrected chi connectivity index (χ2v) is 3.59. The van der Waals surface area contributed by atoms with Gasteiger partial charge in [-0.3, -0.25) is 0 Å². The van der Waals surface area contributed by atoms with Crippen LogP contribution in [0, 0.1) is 16.7 Å². The summed E-state index contributed by atoms with van der Waals surface area (Å²) in [5.74, 6) is 0. The van der Waals surface area contributed by atoms with E-state index in [1.807, 2.05) is 0 Å². The van der Waals surface area contributed by atoms with Crippen LogP contribution in [0.4, 0.5) is 0 Å². The van der Waals surface area contributed by atoms with Gasteiger partial charge in [-0.25, -0.2) is 0 Å². The number of allylic oxidation sites excluding steroid dienone is 2. The maximum Gasteiger partial charge on any atom is 0.0690 e. The van der Waals surface area contributed by atoms with Crippen molar-refractivity contribution in [3.8, 4) is 6.07 Å². The van der Waals surface area contributed by atoms with Gasteiger partial charge in [-0.1, -0.05) is 18.6 Å². The molecule has 0 saturated carbocycles. The quantitative estimate of drug-likeness (QED) is 0.526. The lowest BCUT2D eigenvalue weighted by Crippen LogP contribution is -2.16. The number of nitrogens with zero attached hydrogens (tertiary/aromatic N) is 1. The first-order chi connectivity index (χ1) is 5.20. The summed E-state index contributed by atoms with van der Waals surface area (Å²) in [4.78, 5) is 0. The molecule has 60 valence electrons. The highest BCUT2D eigenvalue weighted by Gasteiger charge is 2.25. The summed E-state index contributed by atoms with van der Waals surface area (Å²) in [5, 5.41) is 8.83. The van der Waals surface area contributed by atoms with Crippen molar-refractivity contribution in [3.05, 3.63) is 11.6 Å². The van der Waals surface area contributed by atoms with Crippen molar-refractivity contribution < 1.29 is 0 Å². The van der Waals surface area contributed by atoms with Crippen molar-refractivity contribution in [2.75, 3.05) is 0 Å². The van der Waals surface area contributed by atoms with E-state index in [-0.39, 0.29) is 5.41 Å². The monoisotopic (exact) mass is 149 g/mol. The molecule has 1 heteroatoms. The third-order valence-electron chi connectivity index (χ3n) is 2.56. The average Bonchev–Trinajstić information content (AvgIpc) is 2.06. The Hall–Kier alpha value is -0.770. The van der Waals surface area contributed by atoms with Crippen LogP contribution in [0.15, 0.2) is 11.6 Å². The maximum atomic E-state index is 8.83. The van der Waals surface area contributed by atoms with E-state index in [2.05, 4.69) is 26.0 Å². The van der Waals surface area contributed by atoms with Gasteiger partial charge in [-0.2, -0.15) is 5.26 Å². The summed E-state index contributed by atoms with van der Waals surface area (Å²) in [6.07, 6.45) is 6.52. The molecule has 1 atom stereocenters. The molecular weight excluding hydrogens is 134 g/mol. The molecule has 1 aliphatic carbocycles. The van der Waals surface area contributed by atoms with Gasteiger partial charge < -0.3 is 0 Å². The van der Waals surface area contributed by atoms with Crippen LogP contribution in [-0.2, 0) is 0 Å². The summed E-state index contributed by atoms with van der Waals surface area (Å²) < 4.78 is 0. The highest BCUT2D eigenvalue weighted by atomic mass is 14.4. The summed E-state index contributed by atoms with van der Waals surface area (Å²) in [6.45, 7) is 4.23. The number of hydrogen-bond acceptors (Lipinski definition) is 1. The van der Waals surface area contributed by atoms with Crippen molar-refractivity contribution in [2.45, 2.75) is 39.5 Å². The molecule has 1 nitrogen and oxygen atoms in total. The van der Waals surface area contributed by atoms with Crippen LogP contribution in [0.2, 0.25) is 0 Å². The zero-order valence-corrected chi connectivity index (χ0v) is 7.35. The van der Waals surface area contributed by atoms with Gasteiger partial charge >= 0.3 is 0 Å². The fraction of sp³-hybridized carbons (Fsp3) is 0.700. The second-order valence-electron chi connectivity index (χ2n) is 3.59. The van der Waals surface area contributed by atoms with Gasteiger partial charge in [-0.15, -0.1) is 0 Å². The lowest BCUT2D eigenvalue weighted by Gasteiger charge is -2.25. The molecule has 0 amide bonds. The normalized spacial score (nSPS) is 30.8. The van der Waals surface area contributed by atoms with Crippen molar-refractivity contribution in [1.82, 2.24) is 0 Å². The topological polar surface area (TPSA) is 23.8 Å². The molecule has 0 heterocycles. The van der Waals surface area contributed by atoms with Crippen LogP contribution in [0.5, 0.6) is 0 Å². The molecule has 0 N–H and O–H groups in total. The minimum absolute atomic E-state index is 0.0708. The van der Waals surface area contributed by atoms with Crippen LogP contribution in [0.3, 0.4) is 0 Å². The Morgan fingerprint density at radius 3 is 2.82 bits per heavy atom. The van der Waals surface area contributed by atoms with Crippen molar-refractivity contribution in [1.29, 1.82) is 5.26 Å². The second kappa shape index (κ2) is 3.09. The molecule has 1 unspecified atom stereocenters. The van der Waals surface area contributed by atoms with E-state index in [0.29, 0.717) is 0 Å². The Morgan fingerprint density at radius 1 is 1.73 bits per heavy atom. The molecule has 0 aromatic rings. The molecule has 0 radical (unpaired) electrons. The van der Waals surface area contributed by atoms with E-state index in [1.54, 1.807) is 0 Å². The van der Waals surface area contributed by atoms with Crippen LogP contribution >= 0.6 is 0 Å². The van der Waals surface area contributed by atoms with Crippen LogP contribution in [0.1, 0.15) is 39.5 Å². The van der Waals surface area contributed by atoms with E-state index in [0.717, 1.165) is 25.7 Å². The molecule has 0 spiro atoms. The molecule has 0 aromatic heterocycles. The minimum atomic E-state index is -0.0708. The summed E-state index contributed by atoms with van der Waals surface area (Å²) in [5.41, 5.74) is 1.45. The lowest BCUT2D eigenvalue weighted by molar-refractivity contribution is 0.389. The van der Waals surface area contributed by atoms with Gasteiger partial charge in [0.25, 0.3) is 0 Å². The Morgan fingerprint density at radius 2 is 2.45 bits per heavy atom. The van der Waals surface area contributed by atoms with Crippen molar-refractivity contribution in [2.24, 2.45) is 5.41 Å². The standard InChI is InChI=1S/C10H15N/c1-3-9-4-6-10(2,8-11)7-5-9/h4H,3,5-7H2,1-2H3. The van der Waals surface area contributed by atoms with Gasteiger partial charge in [0.1, 0.15) is 0 Å². The third kappa shape index (κ3) is 1.83. The van der Waals surface area contributed by atoms with Crippen LogP contribution < -0.4 is 0 Å². The smallest absolute Gasteiger partial charge is 0.0690 e. The molecule has 1 rings (SSSR count). The zero-order chi connectivity index (χ0) is 8.32. The lowest BCUT2D eigenvalue weighted by atomic mass is 9.77. The molecule has 1 aliphatic rings. The largest absolute Gasteiger partial charge is 0.198 e. The number of hydrogen-bond donors (Lipinski definition) is 0. The molecule has 0 fully saturated rings. The maximum absolute atomic E-state index is 8.83. The van der Waals surface area contributed by atoms with Gasteiger partial charge in [0.2, 0.25) is 0 Å². The summed E-state index contributed by atoms with van der Waals surface area (Å²) in [6, 6.07) is 2.38. The van der Waals surface area contributed by atoms with Crippen LogP contribution in [0.25, 0.3) is 0 Å². The molecule has 11 heavy (non-hydrogen) atoms. The summed E-state index contributed by atoms with van der Waals surface area (Å²) in [7, 11) is 0. The first kappa shape index (κ1) is 8.33. The molecule has 0 saturated heterocycles. The average molecular weight is 149 g/mol. The van der Waals surface area contributed by atoms with Crippen molar-refractivity contribution >= 4 is 0 Å². The van der Waals surface area contributed by atoms with E-state index in [4.69, 9.17) is 5.26 Å². The van der Waals surface area contributed by atoms with Crippen molar-refractivity contribution in [3.63, 3.8) is 0 Å². The van der Waals surface area contributed by atoms with E-state index in [1.165, 1.54) is 5.57 Å². The summed E-state index contributed by atoms with van der Waals surface area (Å²) >= 11 is 0. The zero-order valence-electron chi connectivity index (χ0n) is 7.35. The highest BCUT2D eigenvalue weighted by Crippen LogP contribution is 2.34. The Labute approximate surface area is 68.7 Å². The third-order valence-corrected chi connectivity index (χ3v) is 2.56. The predicted molar refractivity (Wildman–Crippen MR) is 45.9 cm³/mol. The molecule has 0 bridgehead atoms. The van der Waals surface area contributed by atoms with E-state index in [9.17, 15) is 0 Å². The molecule has 0 aliphatic heterocycles. The van der Waals surface area contributed by atoms with Gasteiger partial charge in [0.05, 0.1) is 11.5 Å². The van der Waals surface area contributed by atoms with Crippen LogP contribution in [-0.4, -0.2) is 0 Å². The fourth-order valence-corrected chi connectivity index (χ4v) is 1.43. The number of rotatable bonds is 1. The van der Waals surface area contributed by atoms with E-state index < -0.39 is 0 Å². The highest BCUT2D eigenvalue weighted by molar-refractivity contribution is 5.13.